The van der Waals surface area contributed by atoms with Gasteiger partial charge in [-0.15, -0.1) is 0 Å². The Morgan fingerprint density at radius 3 is 2.50 bits per heavy atom. The molecule has 1 aromatic heterocycles. The van der Waals surface area contributed by atoms with Crippen molar-refractivity contribution in [2.24, 2.45) is 0 Å². The van der Waals surface area contributed by atoms with Crippen LogP contribution in [0.25, 0.3) is 0 Å². The second-order valence-electron chi connectivity index (χ2n) is 9.42. The lowest BCUT2D eigenvalue weighted by Crippen LogP contribution is -2.51. The van der Waals surface area contributed by atoms with Crippen LogP contribution < -0.4 is 5.32 Å². The number of allylic oxidation sites excluding steroid dienone is 1. The van der Waals surface area contributed by atoms with Crippen molar-refractivity contribution >= 4 is 12.1 Å². The number of halogens is 3. The molecule has 3 amide bonds. The first-order valence-corrected chi connectivity index (χ1v) is 12.5. The first kappa shape index (κ1) is 27.6. The summed E-state index contributed by atoms with van der Waals surface area (Å²) in [6.07, 6.45) is 3.35. The third kappa shape index (κ3) is 6.16. The van der Waals surface area contributed by atoms with Crippen molar-refractivity contribution in [1.82, 2.24) is 20.1 Å². The van der Waals surface area contributed by atoms with Crippen LogP contribution >= 0.6 is 0 Å². The molecule has 0 radical (unpaired) electrons. The predicted octanol–water partition coefficient (Wildman–Crippen LogP) is 4.89. The average molecular weight is 533 g/mol. The molecule has 0 spiro atoms. The van der Waals surface area contributed by atoms with E-state index in [0.717, 1.165) is 48.7 Å². The molecular formula is C27H31F3N4O4. The normalized spacial score (nSPS) is 19.0. The number of amides is 3. The minimum atomic E-state index is -1.64. The van der Waals surface area contributed by atoms with Crippen LogP contribution in [0.3, 0.4) is 0 Å². The first-order chi connectivity index (χ1) is 18.3. The van der Waals surface area contributed by atoms with E-state index in [2.05, 4.69) is 15.2 Å². The van der Waals surface area contributed by atoms with Crippen LogP contribution in [0.4, 0.5) is 22.8 Å². The Kier molecular flexibility index (Phi) is 9.01. The summed E-state index contributed by atoms with van der Waals surface area (Å²) < 4.78 is 52.4. The van der Waals surface area contributed by atoms with E-state index in [1.807, 2.05) is 24.4 Å². The van der Waals surface area contributed by atoms with Gasteiger partial charge < -0.3 is 19.7 Å². The summed E-state index contributed by atoms with van der Waals surface area (Å²) in [6, 6.07) is 5.42. The summed E-state index contributed by atoms with van der Waals surface area (Å²) >= 11 is 0. The Bertz CT molecular complexity index is 1160. The van der Waals surface area contributed by atoms with Gasteiger partial charge >= 0.3 is 12.1 Å². The number of nitrogens with zero attached hydrogens (tertiary/aromatic N) is 3. The number of aromatic nitrogens is 1. The van der Waals surface area contributed by atoms with Crippen LogP contribution in [0.2, 0.25) is 0 Å². The summed E-state index contributed by atoms with van der Waals surface area (Å²) in [5, 5.41) is 2.56. The van der Waals surface area contributed by atoms with Gasteiger partial charge in [-0.3, -0.25) is 4.98 Å². The Morgan fingerprint density at radius 1 is 1.16 bits per heavy atom. The van der Waals surface area contributed by atoms with Gasteiger partial charge in [0, 0.05) is 42.7 Å². The van der Waals surface area contributed by atoms with E-state index in [4.69, 9.17) is 9.47 Å². The molecule has 2 aliphatic heterocycles. The van der Waals surface area contributed by atoms with Gasteiger partial charge in [-0.05, 0) is 69.1 Å². The van der Waals surface area contributed by atoms with E-state index in [1.54, 1.807) is 6.92 Å². The average Bonchev–Trinajstić information content (AvgIpc) is 2.91. The number of benzene rings is 1. The van der Waals surface area contributed by atoms with Gasteiger partial charge in [0.2, 0.25) is 0 Å². The van der Waals surface area contributed by atoms with E-state index in [9.17, 15) is 22.8 Å². The van der Waals surface area contributed by atoms with Crippen molar-refractivity contribution < 1.29 is 32.2 Å². The minimum Gasteiger partial charge on any atom is -0.449 e. The molecule has 8 nitrogen and oxygen atoms in total. The molecule has 1 aromatic carbocycles. The number of ether oxygens (including phenoxy) is 2. The monoisotopic (exact) mass is 532 g/mol. The van der Waals surface area contributed by atoms with E-state index < -0.39 is 35.6 Å². The summed E-state index contributed by atoms with van der Waals surface area (Å²) in [4.78, 5) is 33.3. The summed E-state index contributed by atoms with van der Waals surface area (Å²) in [6.45, 7) is 4.09. The van der Waals surface area contributed by atoms with Gasteiger partial charge in [0.05, 0.1) is 19.3 Å². The fourth-order valence-electron chi connectivity index (χ4n) is 4.98. The third-order valence-electron chi connectivity index (χ3n) is 6.94. The van der Waals surface area contributed by atoms with Crippen molar-refractivity contribution in [3.05, 3.63) is 76.5 Å². The molecule has 1 atom stereocenters. The highest BCUT2D eigenvalue weighted by molar-refractivity contribution is 5.94. The largest absolute Gasteiger partial charge is 0.449 e. The maximum absolute atomic E-state index is 14.1. The molecule has 0 saturated carbocycles. The number of carbonyl (C=O) groups is 2. The Labute approximate surface area is 219 Å². The van der Waals surface area contributed by atoms with Crippen LogP contribution in [0.1, 0.15) is 49.4 Å². The molecule has 1 fully saturated rings. The van der Waals surface area contributed by atoms with Crippen molar-refractivity contribution in [1.29, 1.82) is 0 Å². The number of piperidine rings is 1. The molecule has 1 N–H and O–H groups in total. The summed E-state index contributed by atoms with van der Waals surface area (Å²) in [7, 11) is 1.40. The van der Waals surface area contributed by atoms with Crippen LogP contribution in [0, 0.1) is 17.5 Å². The van der Waals surface area contributed by atoms with Gasteiger partial charge in [-0.2, -0.15) is 0 Å². The second kappa shape index (κ2) is 12.4. The molecule has 11 heteroatoms. The van der Waals surface area contributed by atoms with Gasteiger partial charge in [0.1, 0.15) is 0 Å². The number of carbonyl (C=O) groups excluding carboxylic acids is 2. The number of urea groups is 1. The fourth-order valence-corrected chi connectivity index (χ4v) is 4.98. The minimum absolute atomic E-state index is 0.0456. The number of rotatable bonds is 8. The summed E-state index contributed by atoms with van der Waals surface area (Å²) in [5.74, 6) is -4.07. The summed E-state index contributed by atoms with van der Waals surface area (Å²) in [5.41, 5.74) is 1.74. The van der Waals surface area contributed by atoms with E-state index in [0.29, 0.717) is 30.2 Å². The van der Waals surface area contributed by atoms with Gasteiger partial charge in [-0.25, -0.2) is 27.7 Å². The molecule has 2 aliphatic rings. The maximum Gasteiger partial charge on any atom is 0.418 e. The third-order valence-corrected chi connectivity index (χ3v) is 6.94. The Balaban J connectivity index is 1.38. The second-order valence-corrected chi connectivity index (χ2v) is 9.42. The number of nitrogens with one attached hydrogen (secondary N) is 1. The maximum atomic E-state index is 14.1. The number of pyridine rings is 1. The van der Waals surface area contributed by atoms with E-state index in [1.165, 1.54) is 7.11 Å². The van der Waals surface area contributed by atoms with Crippen molar-refractivity contribution in [3.63, 3.8) is 0 Å². The quantitative estimate of drug-likeness (QED) is 0.385. The van der Waals surface area contributed by atoms with E-state index in [-0.39, 0.29) is 18.8 Å². The smallest absolute Gasteiger partial charge is 0.418 e. The molecule has 3 heterocycles. The zero-order chi connectivity index (χ0) is 27.2. The molecule has 0 bridgehead atoms. The standard InChI is InChI=1S/C27H31F3N4O4/c1-17-20(16-37-2)25(19-14-21(28)24(30)22(29)15-19)34(26(35)32-17)27(36)38-13-5-10-33-11-7-18(8-12-33)23-6-3-4-9-31-23/h3-4,6,9,14-15,18,25H,5,7-8,10-13,16H2,1-2H3,(H,32,35). The van der Waals surface area contributed by atoms with Crippen molar-refractivity contribution in [2.75, 3.05) is 40.0 Å². The van der Waals surface area contributed by atoms with Crippen molar-refractivity contribution in [2.45, 2.75) is 38.1 Å². The number of hydrogen-bond acceptors (Lipinski definition) is 6. The highest BCUT2D eigenvalue weighted by atomic mass is 19.2. The lowest BCUT2D eigenvalue weighted by molar-refractivity contribution is 0.0900. The molecule has 0 aliphatic carbocycles. The van der Waals surface area contributed by atoms with Gasteiger partial charge in [0.25, 0.3) is 0 Å². The number of methoxy groups -OCH3 is 1. The highest BCUT2D eigenvalue weighted by Crippen LogP contribution is 2.35. The SMILES string of the molecule is COCC1=C(C)NC(=O)N(C(=O)OCCCN2CCC(c3ccccn3)CC2)C1c1cc(F)c(F)c(F)c1. The van der Waals surface area contributed by atoms with Crippen LogP contribution in [-0.2, 0) is 9.47 Å². The lowest BCUT2D eigenvalue weighted by Gasteiger charge is -2.36. The van der Waals surface area contributed by atoms with Crippen molar-refractivity contribution in [3.8, 4) is 0 Å². The fraction of sp³-hybridized carbons (Fsp3) is 0.444. The number of hydrogen-bond donors (Lipinski definition) is 1. The Hall–Kier alpha value is -3.44. The Morgan fingerprint density at radius 2 is 1.87 bits per heavy atom. The molecule has 2 aromatic rings. The number of imide groups is 1. The zero-order valence-electron chi connectivity index (χ0n) is 21.4. The molecule has 38 heavy (non-hydrogen) atoms. The molecule has 1 unspecified atom stereocenters. The van der Waals surface area contributed by atoms with Crippen LogP contribution in [-0.4, -0.2) is 66.9 Å². The molecular weight excluding hydrogens is 501 g/mol. The predicted molar refractivity (Wildman–Crippen MR) is 133 cm³/mol. The lowest BCUT2D eigenvalue weighted by atomic mass is 9.93. The molecule has 1 saturated heterocycles. The van der Waals surface area contributed by atoms with Crippen LogP contribution in [0.15, 0.2) is 47.8 Å². The van der Waals surface area contributed by atoms with Gasteiger partial charge in [-0.1, -0.05) is 6.07 Å². The first-order valence-electron chi connectivity index (χ1n) is 12.5. The van der Waals surface area contributed by atoms with E-state index >= 15 is 0 Å². The molecule has 204 valence electrons. The van der Waals surface area contributed by atoms with Crippen LogP contribution in [0.5, 0.6) is 0 Å². The van der Waals surface area contributed by atoms with Gasteiger partial charge in [0.15, 0.2) is 17.5 Å². The zero-order valence-corrected chi connectivity index (χ0v) is 21.4. The number of likely N-dealkylation sites (tertiary alicyclic amines) is 1. The highest BCUT2D eigenvalue weighted by Gasteiger charge is 2.40. The topological polar surface area (TPSA) is 84.0 Å². The molecule has 4 rings (SSSR count).